The van der Waals surface area contributed by atoms with Gasteiger partial charge in [-0.25, -0.2) is 0 Å². The third kappa shape index (κ3) is 7.07. The van der Waals surface area contributed by atoms with Crippen LogP contribution in [0, 0.1) is 9.49 Å². The maximum absolute atomic E-state index is 12.1. The van der Waals surface area contributed by atoms with Gasteiger partial charge in [-0.3, -0.25) is 4.79 Å². The molecule has 0 bridgehead atoms. The van der Waals surface area contributed by atoms with E-state index < -0.39 is 0 Å². The Morgan fingerprint density at radius 1 is 1.25 bits per heavy atom. The Hall–Kier alpha value is -0.100. The molecule has 0 unspecified atom stereocenters. The molecule has 4 heteroatoms. The van der Waals surface area contributed by atoms with Gasteiger partial charge in [-0.2, -0.15) is 0 Å². The summed E-state index contributed by atoms with van der Waals surface area (Å²) in [5, 5.41) is 3.00. The Morgan fingerprint density at radius 3 is 2.65 bits per heavy atom. The van der Waals surface area contributed by atoms with Crippen LogP contribution in [0.2, 0.25) is 0 Å². The van der Waals surface area contributed by atoms with E-state index in [9.17, 15) is 4.79 Å². The molecule has 0 aliphatic rings. The normalized spacial score (nSPS) is 10.8. The molecule has 0 fully saturated rings. The van der Waals surface area contributed by atoms with E-state index >= 15 is 0 Å². The van der Waals surface area contributed by atoms with Gasteiger partial charge in [0.1, 0.15) is 0 Å². The van der Waals surface area contributed by atoms with E-state index in [1.54, 1.807) is 0 Å². The Labute approximate surface area is 144 Å². The van der Waals surface area contributed by atoms with Gasteiger partial charge in [0, 0.05) is 14.6 Å². The van der Waals surface area contributed by atoms with Crippen LogP contribution in [0.25, 0.3) is 0 Å². The molecule has 0 aromatic heterocycles. The summed E-state index contributed by atoms with van der Waals surface area (Å²) < 4.78 is 1.93. The summed E-state index contributed by atoms with van der Waals surface area (Å²) in [6, 6.07) is 5.78. The summed E-state index contributed by atoms with van der Waals surface area (Å²) in [7, 11) is 0. The number of rotatable bonds is 8. The van der Waals surface area contributed by atoms with Crippen molar-refractivity contribution in [3.8, 4) is 0 Å². The molecule has 1 aromatic carbocycles. The van der Waals surface area contributed by atoms with E-state index in [1.807, 2.05) is 18.2 Å². The van der Waals surface area contributed by atoms with Gasteiger partial charge in [0.25, 0.3) is 5.91 Å². The molecular formula is C16H23BrINO. The quantitative estimate of drug-likeness (QED) is 0.416. The van der Waals surface area contributed by atoms with Crippen LogP contribution < -0.4 is 5.32 Å². The van der Waals surface area contributed by atoms with Crippen LogP contribution in [0.15, 0.2) is 22.7 Å². The first-order valence-corrected chi connectivity index (χ1v) is 9.11. The highest BCUT2D eigenvalue weighted by molar-refractivity contribution is 14.1. The first-order valence-electron chi connectivity index (χ1n) is 7.24. The zero-order valence-electron chi connectivity index (χ0n) is 12.2. The minimum absolute atomic E-state index is 0.0258. The van der Waals surface area contributed by atoms with Gasteiger partial charge in [-0.15, -0.1) is 0 Å². The highest BCUT2D eigenvalue weighted by Crippen LogP contribution is 2.18. The molecule has 1 aromatic rings. The number of carbonyl (C=O) groups excluding carboxylic acids is 1. The number of carbonyl (C=O) groups is 1. The Morgan fingerprint density at radius 2 is 1.95 bits per heavy atom. The number of amides is 1. The highest BCUT2D eigenvalue weighted by atomic mass is 127. The van der Waals surface area contributed by atoms with Crippen molar-refractivity contribution in [2.24, 2.45) is 5.92 Å². The second-order valence-electron chi connectivity index (χ2n) is 5.48. The van der Waals surface area contributed by atoms with E-state index in [-0.39, 0.29) is 5.91 Å². The van der Waals surface area contributed by atoms with Crippen molar-refractivity contribution in [3.63, 3.8) is 0 Å². The average molecular weight is 452 g/mol. The highest BCUT2D eigenvalue weighted by Gasteiger charge is 2.09. The van der Waals surface area contributed by atoms with Crippen LogP contribution in [0.4, 0.5) is 0 Å². The van der Waals surface area contributed by atoms with Gasteiger partial charge in [0.05, 0.1) is 5.56 Å². The summed E-state index contributed by atoms with van der Waals surface area (Å²) in [5.41, 5.74) is 0.750. The van der Waals surface area contributed by atoms with Crippen molar-refractivity contribution in [3.05, 3.63) is 31.8 Å². The molecule has 2 nitrogen and oxygen atoms in total. The number of hydrogen-bond acceptors (Lipinski definition) is 1. The molecule has 1 rings (SSSR count). The van der Waals surface area contributed by atoms with E-state index in [1.165, 1.54) is 25.7 Å². The van der Waals surface area contributed by atoms with Crippen molar-refractivity contribution in [2.75, 3.05) is 6.54 Å². The fourth-order valence-corrected chi connectivity index (χ4v) is 2.94. The summed E-state index contributed by atoms with van der Waals surface area (Å²) in [6.45, 7) is 5.29. The zero-order chi connectivity index (χ0) is 15.0. The molecule has 0 aliphatic carbocycles. The fourth-order valence-electron chi connectivity index (χ4n) is 2.00. The molecular weight excluding hydrogens is 429 g/mol. The topological polar surface area (TPSA) is 29.1 Å². The van der Waals surface area contributed by atoms with E-state index in [0.717, 1.165) is 32.5 Å². The summed E-state index contributed by atoms with van der Waals surface area (Å²) in [4.78, 5) is 12.1. The molecule has 1 N–H and O–H groups in total. The maximum Gasteiger partial charge on any atom is 0.252 e. The maximum atomic E-state index is 12.1. The van der Waals surface area contributed by atoms with Gasteiger partial charge in [-0.1, -0.05) is 55.5 Å². The van der Waals surface area contributed by atoms with Crippen molar-refractivity contribution in [1.82, 2.24) is 5.32 Å². The van der Waals surface area contributed by atoms with Crippen LogP contribution in [-0.4, -0.2) is 12.5 Å². The van der Waals surface area contributed by atoms with Crippen molar-refractivity contribution in [2.45, 2.75) is 46.0 Å². The zero-order valence-corrected chi connectivity index (χ0v) is 16.0. The first-order chi connectivity index (χ1) is 9.50. The van der Waals surface area contributed by atoms with Crippen LogP contribution in [0.1, 0.15) is 56.3 Å². The second-order valence-corrected chi connectivity index (χ2v) is 7.55. The lowest BCUT2D eigenvalue weighted by Crippen LogP contribution is -2.25. The lowest BCUT2D eigenvalue weighted by atomic mass is 10.0. The molecule has 20 heavy (non-hydrogen) atoms. The van der Waals surface area contributed by atoms with Crippen LogP contribution in [0.5, 0.6) is 0 Å². The molecule has 1 amide bonds. The number of benzene rings is 1. The minimum Gasteiger partial charge on any atom is -0.352 e. The first kappa shape index (κ1) is 18.0. The Kier molecular flexibility index (Phi) is 8.77. The standard InChI is InChI=1S/C16H23BrINO/c1-12(2)7-5-3-4-6-10-19-16(20)14-11-13(17)8-9-15(14)18/h8-9,11-12H,3-7,10H2,1-2H3,(H,19,20). The van der Waals surface area contributed by atoms with Crippen LogP contribution >= 0.6 is 38.5 Å². The SMILES string of the molecule is CC(C)CCCCCCNC(=O)c1cc(Br)ccc1I. The van der Waals surface area contributed by atoms with Crippen molar-refractivity contribution >= 4 is 44.4 Å². The van der Waals surface area contributed by atoms with Gasteiger partial charge in [0.15, 0.2) is 0 Å². The number of nitrogens with one attached hydrogen (secondary N) is 1. The van der Waals surface area contributed by atoms with Crippen molar-refractivity contribution < 1.29 is 4.79 Å². The summed E-state index contributed by atoms with van der Waals surface area (Å²) >= 11 is 5.60. The Balaban J connectivity index is 2.22. The number of unbranched alkanes of at least 4 members (excludes halogenated alkanes) is 3. The van der Waals surface area contributed by atoms with Gasteiger partial charge in [-0.05, 0) is 53.1 Å². The van der Waals surface area contributed by atoms with Crippen LogP contribution in [0.3, 0.4) is 0 Å². The predicted molar refractivity (Wildman–Crippen MR) is 97.1 cm³/mol. The lowest BCUT2D eigenvalue weighted by Gasteiger charge is -2.08. The molecule has 0 heterocycles. The monoisotopic (exact) mass is 451 g/mol. The van der Waals surface area contributed by atoms with Gasteiger partial charge >= 0.3 is 0 Å². The molecule has 112 valence electrons. The lowest BCUT2D eigenvalue weighted by molar-refractivity contribution is 0.0952. The predicted octanol–water partition coefficient (Wildman–Crippen LogP) is 5.39. The molecule has 0 aliphatic heterocycles. The average Bonchev–Trinajstić information content (AvgIpc) is 2.39. The molecule has 0 radical (unpaired) electrons. The minimum atomic E-state index is 0.0258. The van der Waals surface area contributed by atoms with Gasteiger partial charge < -0.3 is 5.32 Å². The van der Waals surface area contributed by atoms with E-state index in [2.05, 4.69) is 57.7 Å². The van der Waals surface area contributed by atoms with Crippen LogP contribution in [-0.2, 0) is 0 Å². The smallest absolute Gasteiger partial charge is 0.252 e. The Bertz CT molecular complexity index is 434. The molecule has 0 saturated heterocycles. The van der Waals surface area contributed by atoms with Crippen molar-refractivity contribution in [1.29, 1.82) is 0 Å². The molecule has 0 saturated carbocycles. The van der Waals surface area contributed by atoms with E-state index in [0.29, 0.717) is 0 Å². The van der Waals surface area contributed by atoms with Gasteiger partial charge in [0.2, 0.25) is 0 Å². The third-order valence-corrected chi connectivity index (χ3v) is 4.60. The summed E-state index contributed by atoms with van der Waals surface area (Å²) in [5.74, 6) is 0.825. The second kappa shape index (κ2) is 9.77. The summed E-state index contributed by atoms with van der Waals surface area (Å²) in [6.07, 6.45) is 6.14. The number of hydrogen-bond donors (Lipinski definition) is 1. The third-order valence-electron chi connectivity index (χ3n) is 3.17. The molecule has 0 atom stereocenters. The van der Waals surface area contributed by atoms with E-state index in [4.69, 9.17) is 0 Å². The number of halogens is 2. The largest absolute Gasteiger partial charge is 0.352 e. The fraction of sp³-hybridized carbons (Fsp3) is 0.562. The molecule has 0 spiro atoms.